The van der Waals surface area contributed by atoms with Gasteiger partial charge in [0, 0.05) is 12.6 Å². The van der Waals surface area contributed by atoms with Crippen LogP contribution < -0.4 is 4.90 Å². The monoisotopic (exact) mass is 266 g/mol. The zero-order chi connectivity index (χ0) is 14.8. The summed E-state index contributed by atoms with van der Waals surface area (Å²) in [4.78, 5) is 23.4. The van der Waals surface area contributed by atoms with Gasteiger partial charge in [-0.3, -0.25) is 10.1 Å². The van der Waals surface area contributed by atoms with E-state index in [9.17, 15) is 14.9 Å². The molecule has 0 spiro atoms. The van der Waals surface area contributed by atoms with E-state index in [-0.39, 0.29) is 16.8 Å². The Morgan fingerprint density at radius 3 is 2.47 bits per heavy atom. The van der Waals surface area contributed by atoms with Crippen LogP contribution in [0.4, 0.5) is 11.4 Å². The van der Waals surface area contributed by atoms with E-state index in [4.69, 9.17) is 5.11 Å². The number of benzene rings is 1. The van der Waals surface area contributed by atoms with Crippen molar-refractivity contribution in [3.05, 3.63) is 33.9 Å². The molecule has 6 heteroatoms. The first-order chi connectivity index (χ1) is 8.72. The molecule has 0 saturated carbocycles. The lowest BCUT2D eigenvalue weighted by Gasteiger charge is -2.36. The number of nitro groups is 1. The fourth-order valence-corrected chi connectivity index (χ4v) is 1.73. The molecule has 6 nitrogen and oxygen atoms in total. The van der Waals surface area contributed by atoms with Gasteiger partial charge in [-0.25, -0.2) is 4.79 Å². The Kier molecular flexibility index (Phi) is 4.14. The van der Waals surface area contributed by atoms with Crippen molar-refractivity contribution in [3.63, 3.8) is 0 Å². The van der Waals surface area contributed by atoms with Gasteiger partial charge in [-0.1, -0.05) is 13.0 Å². The van der Waals surface area contributed by atoms with Gasteiger partial charge in [0.25, 0.3) is 0 Å². The zero-order valence-corrected chi connectivity index (χ0v) is 11.5. The molecular formula is C13H18N2O4. The van der Waals surface area contributed by atoms with Crippen LogP contribution in [0.25, 0.3) is 0 Å². The maximum Gasteiger partial charge on any atom is 0.342 e. The van der Waals surface area contributed by atoms with Gasteiger partial charge in [-0.15, -0.1) is 0 Å². The molecule has 19 heavy (non-hydrogen) atoms. The second-order valence-corrected chi connectivity index (χ2v) is 4.96. The van der Waals surface area contributed by atoms with Crippen LogP contribution in [-0.4, -0.2) is 28.6 Å². The Hall–Kier alpha value is -2.11. The summed E-state index contributed by atoms with van der Waals surface area (Å²) in [7, 11) is 1.73. The summed E-state index contributed by atoms with van der Waals surface area (Å²) in [5, 5.41) is 20.2. The highest BCUT2D eigenvalue weighted by atomic mass is 16.6. The average Bonchev–Trinajstić information content (AvgIpc) is 2.36. The smallest absolute Gasteiger partial charge is 0.342 e. The van der Waals surface area contributed by atoms with Crippen LogP contribution in [0.1, 0.15) is 37.6 Å². The van der Waals surface area contributed by atoms with Gasteiger partial charge in [-0.2, -0.15) is 0 Å². The van der Waals surface area contributed by atoms with Crippen molar-refractivity contribution in [2.24, 2.45) is 0 Å². The van der Waals surface area contributed by atoms with Crippen LogP contribution in [0, 0.1) is 10.1 Å². The van der Waals surface area contributed by atoms with Crippen LogP contribution in [0.3, 0.4) is 0 Å². The summed E-state index contributed by atoms with van der Waals surface area (Å²) in [6, 6.07) is 4.34. The number of carbonyl (C=O) groups is 1. The van der Waals surface area contributed by atoms with Gasteiger partial charge >= 0.3 is 11.7 Å². The van der Waals surface area contributed by atoms with Crippen molar-refractivity contribution in [1.29, 1.82) is 0 Å². The van der Waals surface area contributed by atoms with Crippen LogP contribution >= 0.6 is 0 Å². The minimum Gasteiger partial charge on any atom is -0.477 e. The van der Waals surface area contributed by atoms with Gasteiger partial charge in [0.1, 0.15) is 11.3 Å². The molecule has 0 aliphatic carbocycles. The highest BCUT2D eigenvalue weighted by Gasteiger charge is 2.31. The molecule has 0 aliphatic rings. The van der Waals surface area contributed by atoms with Gasteiger partial charge in [0.2, 0.25) is 0 Å². The maximum absolute atomic E-state index is 11.2. The third kappa shape index (κ3) is 2.83. The van der Waals surface area contributed by atoms with E-state index >= 15 is 0 Å². The van der Waals surface area contributed by atoms with Gasteiger partial charge in [0.15, 0.2) is 0 Å². The van der Waals surface area contributed by atoms with Crippen LogP contribution in [0.15, 0.2) is 18.2 Å². The molecule has 0 amide bonds. The molecule has 0 bridgehead atoms. The molecule has 0 aliphatic heterocycles. The second kappa shape index (κ2) is 5.26. The van der Waals surface area contributed by atoms with Crippen LogP contribution in [-0.2, 0) is 0 Å². The second-order valence-electron chi connectivity index (χ2n) is 4.96. The maximum atomic E-state index is 11.2. The molecule has 0 saturated heterocycles. The molecular weight excluding hydrogens is 248 g/mol. The molecule has 1 rings (SSSR count). The fraction of sp³-hybridized carbons (Fsp3) is 0.462. The molecule has 104 valence electrons. The van der Waals surface area contributed by atoms with E-state index in [0.717, 1.165) is 6.42 Å². The minimum absolute atomic E-state index is 0.291. The Labute approximate surface area is 111 Å². The van der Waals surface area contributed by atoms with Crippen LogP contribution in [0.2, 0.25) is 0 Å². The van der Waals surface area contributed by atoms with Crippen molar-refractivity contribution in [2.75, 3.05) is 11.9 Å². The van der Waals surface area contributed by atoms with Crippen molar-refractivity contribution in [3.8, 4) is 0 Å². The highest BCUT2D eigenvalue weighted by molar-refractivity contribution is 5.95. The lowest BCUT2D eigenvalue weighted by Crippen LogP contribution is -2.41. The summed E-state index contributed by atoms with van der Waals surface area (Å²) < 4.78 is 0. The summed E-state index contributed by atoms with van der Waals surface area (Å²) in [6.45, 7) is 5.87. The molecule has 0 radical (unpaired) electrons. The van der Waals surface area contributed by atoms with Gasteiger partial charge < -0.3 is 10.0 Å². The number of hydrogen-bond acceptors (Lipinski definition) is 4. The molecule has 0 heterocycles. The lowest BCUT2D eigenvalue weighted by molar-refractivity contribution is -0.384. The third-order valence-electron chi connectivity index (χ3n) is 3.56. The SMILES string of the molecule is CCC(C)(C)N(C)c1cccc(C(=O)O)c1[N+](=O)[O-]. The van der Waals surface area contributed by atoms with Crippen molar-refractivity contribution < 1.29 is 14.8 Å². The number of para-hydroxylation sites is 1. The lowest BCUT2D eigenvalue weighted by atomic mass is 9.98. The highest BCUT2D eigenvalue weighted by Crippen LogP contribution is 2.35. The number of nitrogens with zero attached hydrogens (tertiary/aromatic N) is 2. The molecule has 0 aromatic heterocycles. The van der Waals surface area contributed by atoms with E-state index < -0.39 is 10.9 Å². The van der Waals surface area contributed by atoms with E-state index in [0.29, 0.717) is 5.69 Å². The van der Waals surface area contributed by atoms with E-state index in [2.05, 4.69) is 0 Å². The van der Waals surface area contributed by atoms with Crippen molar-refractivity contribution in [1.82, 2.24) is 0 Å². The first kappa shape index (κ1) is 14.9. The third-order valence-corrected chi connectivity index (χ3v) is 3.56. The molecule has 1 aromatic rings. The van der Waals surface area contributed by atoms with Gasteiger partial charge in [0.05, 0.1) is 4.92 Å². The quantitative estimate of drug-likeness (QED) is 0.654. The summed E-state index contributed by atoms with van der Waals surface area (Å²) >= 11 is 0. The number of anilines is 1. The summed E-state index contributed by atoms with van der Waals surface area (Å²) in [6.07, 6.45) is 0.776. The van der Waals surface area contributed by atoms with Gasteiger partial charge in [-0.05, 0) is 32.4 Å². The number of carboxylic acid groups (broad SMARTS) is 1. The number of nitro benzene ring substituents is 1. The van der Waals surface area contributed by atoms with Crippen molar-refractivity contribution >= 4 is 17.3 Å². The normalized spacial score (nSPS) is 11.2. The molecule has 1 N–H and O–H groups in total. The Morgan fingerprint density at radius 1 is 1.47 bits per heavy atom. The largest absolute Gasteiger partial charge is 0.477 e. The Balaban J connectivity index is 3.48. The predicted molar refractivity (Wildman–Crippen MR) is 72.8 cm³/mol. The molecule has 0 unspecified atom stereocenters. The standard InChI is InChI=1S/C13H18N2O4/c1-5-13(2,3)14(4)10-8-6-7-9(12(16)17)11(10)15(18)19/h6-8H,5H2,1-4H3,(H,16,17). The van der Waals surface area contributed by atoms with E-state index in [1.165, 1.54) is 12.1 Å². The number of carboxylic acids is 1. The number of rotatable bonds is 5. The molecule has 1 aromatic carbocycles. The first-order valence-corrected chi connectivity index (χ1v) is 5.97. The average molecular weight is 266 g/mol. The topological polar surface area (TPSA) is 83.7 Å². The van der Waals surface area contributed by atoms with Crippen molar-refractivity contribution in [2.45, 2.75) is 32.7 Å². The number of hydrogen-bond donors (Lipinski definition) is 1. The summed E-state index contributed by atoms with van der Waals surface area (Å²) in [5.41, 5.74) is -0.640. The van der Waals surface area contributed by atoms with E-state index in [1.807, 2.05) is 20.8 Å². The van der Waals surface area contributed by atoms with Crippen LogP contribution in [0.5, 0.6) is 0 Å². The molecule has 0 atom stereocenters. The van der Waals surface area contributed by atoms with E-state index in [1.54, 1.807) is 18.0 Å². The Morgan fingerprint density at radius 2 is 2.05 bits per heavy atom. The molecule has 0 fully saturated rings. The Bertz CT molecular complexity index is 511. The minimum atomic E-state index is -1.30. The fourth-order valence-electron chi connectivity index (χ4n) is 1.73. The number of aromatic carboxylic acids is 1. The zero-order valence-electron chi connectivity index (χ0n) is 11.5. The first-order valence-electron chi connectivity index (χ1n) is 5.97. The predicted octanol–water partition coefficient (Wildman–Crippen LogP) is 2.92. The summed E-state index contributed by atoms with van der Waals surface area (Å²) in [5.74, 6) is -1.30.